The van der Waals surface area contributed by atoms with Crippen LogP contribution >= 0.6 is 11.6 Å². The first kappa shape index (κ1) is 18.4. The molecule has 112 valence electrons. The highest BCUT2D eigenvalue weighted by atomic mass is 35.5. The lowest BCUT2D eigenvalue weighted by atomic mass is 10.1. The van der Waals surface area contributed by atoms with E-state index >= 15 is 0 Å². The minimum atomic E-state index is -0.628. The van der Waals surface area contributed by atoms with E-state index in [2.05, 4.69) is 11.7 Å². The number of carbonyl (C=O) groups excluding carboxylic acids is 2. The van der Waals surface area contributed by atoms with Gasteiger partial charge in [0, 0.05) is 6.42 Å². The van der Waals surface area contributed by atoms with Gasteiger partial charge in [-0.2, -0.15) is 0 Å². The summed E-state index contributed by atoms with van der Waals surface area (Å²) < 4.78 is 4.67. The first-order chi connectivity index (χ1) is 9.16. The van der Waals surface area contributed by atoms with Gasteiger partial charge in [-0.15, -0.1) is 0 Å². The molecule has 0 saturated heterocycles. The van der Waals surface area contributed by atoms with Crippen LogP contribution in [0.15, 0.2) is 0 Å². The number of rotatable bonds is 13. The Labute approximate surface area is 122 Å². The molecule has 0 unspecified atom stereocenters. The minimum Gasteiger partial charge on any atom is -0.456 e. The van der Waals surface area contributed by atoms with E-state index in [0.717, 1.165) is 12.8 Å². The maximum Gasteiger partial charge on any atom is 0.306 e. The Kier molecular flexibility index (Phi) is 13.4. The average Bonchev–Trinajstić information content (AvgIpc) is 2.38. The van der Waals surface area contributed by atoms with Gasteiger partial charge in [-0.25, -0.2) is 0 Å². The number of carbonyl (C=O) groups is 2. The van der Waals surface area contributed by atoms with Crippen molar-refractivity contribution in [2.75, 3.05) is 6.61 Å². The summed E-state index contributed by atoms with van der Waals surface area (Å²) in [6, 6.07) is 0. The van der Waals surface area contributed by atoms with E-state index in [9.17, 15) is 9.59 Å². The Hall–Kier alpha value is -0.570. The quantitative estimate of drug-likeness (QED) is 0.283. The number of esters is 1. The van der Waals surface area contributed by atoms with Gasteiger partial charge in [0.15, 0.2) is 6.61 Å². The van der Waals surface area contributed by atoms with Crippen LogP contribution in [0.25, 0.3) is 0 Å². The lowest BCUT2D eigenvalue weighted by Gasteiger charge is -2.03. The van der Waals surface area contributed by atoms with Crippen LogP contribution in [0.4, 0.5) is 0 Å². The molecular weight excluding hydrogens is 264 g/mol. The molecule has 0 atom stereocenters. The summed E-state index contributed by atoms with van der Waals surface area (Å²) >= 11 is 5.07. The van der Waals surface area contributed by atoms with Crippen molar-refractivity contribution in [1.29, 1.82) is 0 Å². The summed E-state index contributed by atoms with van der Waals surface area (Å²) in [5, 5.41) is -0.628. The summed E-state index contributed by atoms with van der Waals surface area (Å²) in [7, 11) is 0. The van der Waals surface area contributed by atoms with E-state index in [1.54, 1.807) is 0 Å². The highest BCUT2D eigenvalue weighted by molar-refractivity contribution is 6.64. The molecule has 0 bridgehead atoms. The van der Waals surface area contributed by atoms with Gasteiger partial charge in [0.25, 0.3) is 5.24 Å². The Morgan fingerprint density at radius 3 is 1.79 bits per heavy atom. The lowest BCUT2D eigenvalue weighted by molar-refractivity contribution is -0.146. The second-order valence-electron chi connectivity index (χ2n) is 4.95. The predicted molar refractivity (Wildman–Crippen MR) is 78.3 cm³/mol. The number of hydrogen-bond acceptors (Lipinski definition) is 3. The zero-order valence-corrected chi connectivity index (χ0v) is 12.8. The zero-order chi connectivity index (χ0) is 14.3. The van der Waals surface area contributed by atoms with E-state index in [4.69, 9.17) is 11.6 Å². The first-order valence-electron chi connectivity index (χ1n) is 7.50. The molecule has 0 N–H and O–H groups in total. The topological polar surface area (TPSA) is 43.4 Å². The molecule has 0 aliphatic heterocycles. The Morgan fingerprint density at radius 1 is 0.842 bits per heavy atom. The molecule has 0 aliphatic rings. The molecule has 0 heterocycles. The second-order valence-corrected chi connectivity index (χ2v) is 5.37. The molecule has 0 radical (unpaired) electrons. The van der Waals surface area contributed by atoms with Gasteiger partial charge in [0.2, 0.25) is 0 Å². The van der Waals surface area contributed by atoms with Crippen LogP contribution in [0.2, 0.25) is 0 Å². The Morgan fingerprint density at radius 2 is 1.32 bits per heavy atom. The van der Waals surface area contributed by atoms with E-state index in [-0.39, 0.29) is 12.6 Å². The third-order valence-corrected chi connectivity index (χ3v) is 3.19. The molecule has 0 amide bonds. The Balaban J connectivity index is 3.13. The van der Waals surface area contributed by atoms with Gasteiger partial charge in [-0.1, -0.05) is 64.7 Å². The highest BCUT2D eigenvalue weighted by Gasteiger charge is 2.04. The fourth-order valence-corrected chi connectivity index (χ4v) is 2.02. The molecule has 0 aromatic carbocycles. The normalized spacial score (nSPS) is 10.4. The zero-order valence-electron chi connectivity index (χ0n) is 12.1. The van der Waals surface area contributed by atoms with Crippen LogP contribution in [-0.2, 0) is 14.3 Å². The summed E-state index contributed by atoms with van der Waals surface area (Å²) in [6.45, 7) is 1.92. The van der Waals surface area contributed by atoms with Gasteiger partial charge >= 0.3 is 5.97 Å². The molecule has 0 fully saturated rings. The SMILES string of the molecule is CCCCCCCCCCCCC(=O)OCC(=O)Cl. The number of halogens is 1. The molecule has 0 spiro atoms. The molecule has 19 heavy (non-hydrogen) atoms. The predicted octanol–water partition coefficient (Wildman–Crippen LogP) is 4.61. The van der Waals surface area contributed by atoms with Gasteiger partial charge in [-0.3, -0.25) is 9.59 Å². The molecule has 0 aromatic heterocycles. The molecule has 3 nitrogen and oxygen atoms in total. The second kappa shape index (κ2) is 13.9. The molecule has 0 saturated carbocycles. The maximum atomic E-state index is 11.1. The molecule has 0 aromatic rings. The van der Waals surface area contributed by atoms with Gasteiger partial charge in [0.05, 0.1) is 0 Å². The molecule has 0 rings (SSSR count). The smallest absolute Gasteiger partial charge is 0.306 e. The number of hydrogen-bond donors (Lipinski definition) is 0. The first-order valence-corrected chi connectivity index (χ1v) is 7.88. The molecular formula is C15H27ClO3. The van der Waals surface area contributed by atoms with Crippen LogP contribution in [0.1, 0.15) is 77.6 Å². The summed E-state index contributed by atoms with van der Waals surface area (Å²) in [6.07, 6.45) is 12.7. The fraction of sp³-hybridized carbons (Fsp3) is 0.867. The van der Waals surface area contributed by atoms with E-state index in [1.165, 1.54) is 51.4 Å². The summed E-state index contributed by atoms with van der Waals surface area (Å²) in [5.41, 5.74) is 0. The van der Waals surface area contributed by atoms with Gasteiger partial charge in [-0.05, 0) is 18.0 Å². The van der Waals surface area contributed by atoms with Crippen molar-refractivity contribution in [2.24, 2.45) is 0 Å². The van der Waals surface area contributed by atoms with Crippen LogP contribution in [0, 0.1) is 0 Å². The van der Waals surface area contributed by atoms with Crippen molar-refractivity contribution in [3.63, 3.8) is 0 Å². The third kappa shape index (κ3) is 15.4. The van der Waals surface area contributed by atoms with Crippen molar-refractivity contribution in [3.8, 4) is 0 Å². The lowest BCUT2D eigenvalue weighted by Crippen LogP contribution is -2.09. The van der Waals surface area contributed by atoms with Crippen LogP contribution in [-0.4, -0.2) is 17.8 Å². The molecule has 0 aliphatic carbocycles. The standard InChI is InChI=1S/C15H27ClO3/c1-2-3-4-5-6-7-8-9-10-11-12-15(18)19-13-14(16)17/h2-13H2,1H3. The van der Waals surface area contributed by atoms with Crippen LogP contribution in [0.5, 0.6) is 0 Å². The van der Waals surface area contributed by atoms with Crippen molar-refractivity contribution in [3.05, 3.63) is 0 Å². The summed E-state index contributed by atoms with van der Waals surface area (Å²) in [4.78, 5) is 21.5. The number of unbranched alkanes of at least 4 members (excludes halogenated alkanes) is 9. The van der Waals surface area contributed by atoms with Gasteiger partial charge in [0.1, 0.15) is 0 Å². The third-order valence-electron chi connectivity index (χ3n) is 3.08. The summed E-state index contributed by atoms with van der Waals surface area (Å²) in [5.74, 6) is -0.325. The number of ether oxygens (including phenoxy) is 1. The van der Waals surface area contributed by atoms with E-state index < -0.39 is 5.24 Å². The molecule has 4 heteroatoms. The fourth-order valence-electron chi connectivity index (χ4n) is 1.97. The average molecular weight is 291 g/mol. The minimum absolute atomic E-state index is 0.307. The highest BCUT2D eigenvalue weighted by Crippen LogP contribution is 2.11. The maximum absolute atomic E-state index is 11.1. The van der Waals surface area contributed by atoms with Crippen molar-refractivity contribution in [1.82, 2.24) is 0 Å². The van der Waals surface area contributed by atoms with Crippen molar-refractivity contribution < 1.29 is 14.3 Å². The largest absolute Gasteiger partial charge is 0.456 e. The Bertz CT molecular complexity index is 242. The van der Waals surface area contributed by atoms with Crippen molar-refractivity contribution >= 4 is 22.8 Å². The van der Waals surface area contributed by atoms with Crippen LogP contribution < -0.4 is 0 Å². The van der Waals surface area contributed by atoms with Crippen molar-refractivity contribution in [2.45, 2.75) is 77.6 Å². The van der Waals surface area contributed by atoms with Gasteiger partial charge < -0.3 is 4.74 Å². The monoisotopic (exact) mass is 290 g/mol. The van der Waals surface area contributed by atoms with E-state index in [0.29, 0.717) is 6.42 Å². The van der Waals surface area contributed by atoms with E-state index in [1.807, 2.05) is 0 Å². The van der Waals surface area contributed by atoms with Crippen LogP contribution in [0.3, 0.4) is 0 Å².